The second-order valence-corrected chi connectivity index (χ2v) is 18.3. The molecule has 8 heteroatoms. The fourth-order valence-corrected chi connectivity index (χ4v) is 7.79. The van der Waals surface area contributed by atoms with Crippen molar-refractivity contribution in [3.8, 4) is 45.3 Å². The summed E-state index contributed by atoms with van der Waals surface area (Å²) in [7, 11) is -1.86. The number of benzene rings is 4. The van der Waals surface area contributed by atoms with Crippen LogP contribution < -0.4 is 9.92 Å². The molecular weight excluding hydrogens is 802 g/mol. The van der Waals surface area contributed by atoms with Crippen molar-refractivity contribution in [2.24, 2.45) is 0 Å². The Morgan fingerprint density at radius 2 is 1.53 bits per heavy atom. The number of nitrogens with zero attached hydrogens (tertiary/aromatic N) is 5. The molecule has 0 aliphatic carbocycles. The Morgan fingerprint density at radius 3 is 2.31 bits per heavy atom. The molecule has 0 atom stereocenters. The van der Waals surface area contributed by atoms with Gasteiger partial charge >= 0.3 is 21.1 Å². The van der Waals surface area contributed by atoms with Crippen LogP contribution in [0, 0.1) is 26.0 Å². The number of aromatic nitrogens is 5. The van der Waals surface area contributed by atoms with Crippen LogP contribution >= 0.6 is 0 Å². The number of rotatable bonds is 6. The first-order chi connectivity index (χ1) is 23.2. The SMILES string of the molecule is Cc1cccc(C)c1-c1cc(Oc2[c-]c(-c3cc4c(cn3)ncn3c5ccccc5nc43)ccc2[Si](C)(C)C)nc(-c2[c-]cccc2)c1.[Pt+2]. The molecule has 4 aromatic heterocycles. The van der Waals surface area contributed by atoms with E-state index in [1.54, 1.807) is 0 Å². The molecule has 0 fully saturated rings. The topological polar surface area (TPSA) is 65.2 Å². The molecule has 0 radical (unpaired) electrons. The maximum atomic E-state index is 6.80. The van der Waals surface area contributed by atoms with Gasteiger partial charge in [0, 0.05) is 31.5 Å². The van der Waals surface area contributed by atoms with E-state index in [-0.39, 0.29) is 21.1 Å². The molecular formula is C41H33N5OPtSi. The standard InChI is InChI=1S/C41H33N5OSi.Pt/c1-26-12-11-13-27(2)40(26)30-20-34(28-14-7-6-8-15-28)44-39(22-30)47-37-21-29(18-19-38(37)48(3,4)5)33-23-31-35(24-42-33)43-25-46-36-17-10-9-16-32(36)45-41(31)46;/h6-14,16-20,22-25H,1-5H3;/q-2;+2. The quantitative estimate of drug-likeness (QED) is 0.124. The van der Waals surface area contributed by atoms with Gasteiger partial charge in [0.2, 0.25) is 5.88 Å². The first-order valence-electron chi connectivity index (χ1n) is 16.1. The molecule has 6 nitrogen and oxygen atoms in total. The summed E-state index contributed by atoms with van der Waals surface area (Å²) in [5.74, 6) is 1.18. The van der Waals surface area contributed by atoms with E-state index in [1.165, 1.54) is 16.7 Å². The average molecular weight is 835 g/mol. The van der Waals surface area contributed by atoms with Crippen LogP contribution in [0.15, 0.2) is 110 Å². The fourth-order valence-electron chi connectivity index (χ4n) is 6.41. The minimum absolute atomic E-state index is 0. The van der Waals surface area contributed by atoms with E-state index in [0.717, 1.165) is 60.8 Å². The zero-order chi connectivity index (χ0) is 33.0. The van der Waals surface area contributed by atoms with Crippen molar-refractivity contribution in [3.63, 3.8) is 0 Å². The second-order valence-electron chi connectivity index (χ2n) is 13.2. The second kappa shape index (κ2) is 12.8. The van der Waals surface area contributed by atoms with Gasteiger partial charge in [0.1, 0.15) is 12.0 Å². The first kappa shape index (κ1) is 32.6. The summed E-state index contributed by atoms with van der Waals surface area (Å²) < 4.78 is 8.83. The molecule has 0 saturated carbocycles. The molecule has 49 heavy (non-hydrogen) atoms. The third-order valence-electron chi connectivity index (χ3n) is 8.79. The maximum absolute atomic E-state index is 6.80. The largest absolute Gasteiger partial charge is 2.00 e. The zero-order valence-corrected chi connectivity index (χ0v) is 31.1. The Hall–Kier alpha value is -4.97. The third-order valence-corrected chi connectivity index (χ3v) is 10.8. The van der Waals surface area contributed by atoms with Crippen molar-refractivity contribution in [1.29, 1.82) is 0 Å². The molecule has 242 valence electrons. The van der Waals surface area contributed by atoms with Crippen molar-refractivity contribution in [3.05, 3.63) is 133 Å². The Bertz CT molecular complexity index is 2490. The van der Waals surface area contributed by atoms with Gasteiger partial charge in [0.15, 0.2) is 0 Å². The van der Waals surface area contributed by atoms with Gasteiger partial charge in [-0.05, 0) is 59.6 Å². The molecule has 0 aliphatic rings. The van der Waals surface area contributed by atoms with Crippen LogP contribution in [-0.2, 0) is 21.1 Å². The number of fused-ring (bicyclic) bond motifs is 5. The van der Waals surface area contributed by atoms with Crippen LogP contribution in [0.2, 0.25) is 19.6 Å². The van der Waals surface area contributed by atoms with Crippen molar-refractivity contribution >= 4 is 40.8 Å². The van der Waals surface area contributed by atoms with Crippen LogP contribution in [0.5, 0.6) is 11.6 Å². The average Bonchev–Trinajstić information content (AvgIpc) is 3.47. The number of aryl methyl sites for hydroxylation is 2. The Morgan fingerprint density at radius 1 is 0.735 bits per heavy atom. The van der Waals surface area contributed by atoms with E-state index in [2.05, 4.69) is 99.1 Å². The van der Waals surface area contributed by atoms with Gasteiger partial charge in [-0.15, -0.1) is 53.6 Å². The van der Waals surface area contributed by atoms with Gasteiger partial charge in [-0.1, -0.05) is 73.4 Å². The molecule has 0 spiro atoms. The summed E-state index contributed by atoms with van der Waals surface area (Å²) in [4.78, 5) is 19.4. The molecule has 0 bridgehead atoms. The zero-order valence-electron chi connectivity index (χ0n) is 27.9. The first-order valence-corrected chi connectivity index (χ1v) is 19.6. The Kier molecular flexibility index (Phi) is 8.51. The summed E-state index contributed by atoms with van der Waals surface area (Å²) in [6.07, 6.45) is 3.62. The molecule has 0 amide bonds. The molecule has 4 heterocycles. The van der Waals surface area contributed by atoms with E-state index in [9.17, 15) is 0 Å². The summed E-state index contributed by atoms with van der Waals surface area (Å²) in [6.45, 7) is 11.2. The minimum atomic E-state index is -1.86. The van der Waals surface area contributed by atoms with Crippen molar-refractivity contribution < 1.29 is 25.8 Å². The number of hydrogen-bond donors (Lipinski definition) is 0. The van der Waals surface area contributed by atoms with Gasteiger partial charge in [-0.3, -0.25) is 9.38 Å². The number of ether oxygens (including phenoxy) is 1. The smallest absolute Gasteiger partial charge is 0.460 e. The monoisotopic (exact) mass is 834 g/mol. The van der Waals surface area contributed by atoms with Crippen molar-refractivity contribution in [2.45, 2.75) is 33.5 Å². The molecule has 0 saturated heterocycles. The van der Waals surface area contributed by atoms with Gasteiger partial charge in [0.05, 0.1) is 16.6 Å². The van der Waals surface area contributed by atoms with E-state index < -0.39 is 8.07 Å². The molecule has 0 N–H and O–H groups in total. The van der Waals surface area contributed by atoms with E-state index in [1.807, 2.05) is 65.5 Å². The number of pyridine rings is 2. The minimum Gasteiger partial charge on any atom is -0.460 e. The van der Waals surface area contributed by atoms with Gasteiger partial charge in [-0.25, -0.2) is 9.97 Å². The molecule has 8 rings (SSSR count). The Labute approximate surface area is 301 Å². The van der Waals surface area contributed by atoms with Gasteiger partial charge < -0.3 is 9.72 Å². The fraction of sp³-hybridized carbons (Fsp3) is 0.122. The summed E-state index contributed by atoms with van der Waals surface area (Å²) in [6, 6.07) is 39.8. The van der Waals surface area contributed by atoms with Crippen LogP contribution in [0.1, 0.15) is 11.1 Å². The van der Waals surface area contributed by atoms with Crippen LogP contribution in [0.4, 0.5) is 0 Å². The predicted molar refractivity (Wildman–Crippen MR) is 197 cm³/mol. The molecule has 0 aliphatic heterocycles. The third kappa shape index (κ3) is 6.09. The summed E-state index contributed by atoms with van der Waals surface area (Å²) >= 11 is 0. The molecule has 0 unspecified atom stereocenters. The number of para-hydroxylation sites is 2. The Balaban J connectivity index is 0.00000378. The number of hydrogen-bond acceptors (Lipinski definition) is 5. The maximum Gasteiger partial charge on any atom is 2.00 e. The molecule has 8 aromatic rings. The van der Waals surface area contributed by atoms with Crippen molar-refractivity contribution in [2.75, 3.05) is 0 Å². The van der Waals surface area contributed by atoms with E-state index >= 15 is 0 Å². The molecule has 4 aromatic carbocycles. The van der Waals surface area contributed by atoms with E-state index in [0.29, 0.717) is 11.6 Å². The van der Waals surface area contributed by atoms with Crippen LogP contribution in [0.25, 0.3) is 61.2 Å². The van der Waals surface area contributed by atoms with Gasteiger partial charge in [0.25, 0.3) is 0 Å². The van der Waals surface area contributed by atoms with Gasteiger partial charge in [-0.2, -0.15) is 0 Å². The number of imidazole rings is 1. The van der Waals surface area contributed by atoms with Crippen molar-refractivity contribution in [1.82, 2.24) is 24.3 Å². The summed E-state index contributed by atoms with van der Waals surface area (Å²) in [5, 5.41) is 2.08. The van der Waals surface area contributed by atoms with Crippen LogP contribution in [-0.4, -0.2) is 32.4 Å². The predicted octanol–water partition coefficient (Wildman–Crippen LogP) is 9.38. The normalized spacial score (nSPS) is 11.6. The van der Waals surface area contributed by atoms with Crippen LogP contribution in [0.3, 0.4) is 0 Å². The van der Waals surface area contributed by atoms with E-state index in [4.69, 9.17) is 19.7 Å². The summed E-state index contributed by atoms with van der Waals surface area (Å²) in [5.41, 5.74) is 11.5.